The third-order valence-corrected chi connectivity index (χ3v) is 3.39. The predicted octanol–water partition coefficient (Wildman–Crippen LogP) is 3.69. The zero-order chi connectivity index (χ0) is 13.1. The minimum Gasteiger partial charge on any atom is -0.384 e. The van der Waals surface area contributed by atoms with Gasteiger partial charge in [0.15, 0.2) is 0 Å². The third kappa shape index (κ3) is 3.73. The summed E-state index contributed by atoms with van der Waals surface area (Å²) in [7, 11) is 0. The monoisotopic (exact) mass is 236 g/mol. The number of hydrogen-bond acceptors (Lipinski definition) is 3. The maximum absolute atomic E-state index is 10.5. The normalized spacial score (nSPS) is 11.6. The van der Waals surface area contributed by atoms with Crippen molar-refractivity contribution < 1.29 is 4.92 Å². The molecule has 0 amide bonds. The van der Waals surface area contributed by atoms with Gasteiger partial charge in [-0.3, -0.25) is 10.1 Å². The molecule has 17 heavy (non-hydrogen) atoms. The van der Waals surface area contributed by atoms with Crippen LogP contribution in [-0.4, -0.2) is 11.5 Å². The van der Waals surface area contributed by atoms with Crippen LogP contribution in [0, 0.1) is 21.4 Å². The molecule has 0 radical (unpaired) electrons. The van der Waals surface area contributed by atoms with E-state index in [2.05, 4.69) is 33.0 Å². The van der Waals surface area contributed by atoms with Crippen molar-refractivity contribution in [2.24, 2.45) is 11.3 Å². The van der Waals surface area contributed by atoms with Crippen molar-refractivity contribution in [2.45, 2.75) is 27.7 Å². The lowest BCUT2D eigenvalue weighted by Crippen LogP contribution is -2.28. The fourth-order valence-corrected chi connectivity index (χ4v) is 1.23. The van der Waals surface area contributed by atoms with Crippen molar-refractivity contribution in [2.75, 3.05) is 11.9 Å². The Kier molecular flexibility index (Phi) is 4.10. The van der Waals surface area contributed by atoms with Crippen LogP contribution in [0.4, 0.5) is 11.4 Å². The molecular formula is C13H20N2O2. The average Bonchev–Trinajstić information content (AvgIpc) is 2.27. The van der Waals surface area contributed by atoms with E-state index in [9.17, 15) is 10.1 Å². The summed E-state index contributed by atoms with van der Waals surface area (Å²) in [5.74, 6) is 0.577. The fourth-order valence-electron chi connectivity index (χ4n) is 1.23. The third-order valence-electron chi connectivity index (χ3n) is 3.39. The molecule has 0 unspecified atom stereocenters. The summed E-state index contributed by atoms with van der Waals surface area (Å²) in [5, 5.41) is 13.8. The van der Waals surface area contributed by atoms with Gasteiger partial charge in [-0.25, -0.2) is 0 Å². The zero-order valence-corrected chi connectivity index (χ0v) is 10.9. The number of benzene rings is 1. The Bertz CT molecular complexity index is 383. The lowest BCUT2D eigenvalue weighted by Gasteiger charge is -2.29. The highest BCUT2D eigenvalue weighted by Gasteiger charge is 2.21. The second-order valence-corrected chi connectivity index (χ2v) is 5.30. The fraction of sp³-hybridized carbons (Fsp3) is 0.538. The summed E-state index contributed by atoms with van der Waals surface area (Å²) >= 11 is 0. The lowest BCUT2D eigenvalue weighted by atomic mass is 9.81. The molecule has 0 saturated carbocycles. The maximum Gasteiger partial charge on any atom is 0.269 e. The number of nitrogens with zero attached hydrogens (tertiary/aromatic N) is 1. The second-order valence-electron chi connectivity index (χ2n) is 5.30. The average molecular weight is 236 g/mol. The first kappa shape index (κ1) is 13.5. The number of nitrogens with one attached hydrogen (secondary N) is 1. The zero-order valence-electron chi connectivity index (χ0n) is 10.9. The standard InChI is InChI=1S/C13H20N2O2/c1-10(2)13(3,4)9-14-11-5-7-12(8-6-11)15(16)17/h5-8,10,14H,9H2,1-4H3. The Morgan fingerprint density at radius 3 is 2.24 bits per heavy atom. The van der Waals surface area contributed by atoms with E-state index >= 15 is 0 Å². The first-order chi connectivity index (χ1) is 7.83. The highest BCUT2D eigenvalue weighted by molar-refractivity contribution is 5.48. The molecule has 0 aliphatic rings. The largest absolute Gasteiger partial charge is 0.384 e. The number of nitro groups is 1. The Morgan fingerprint density at radius 2 is 1.82 bits per heavy atom. The molecule has 1 N–H and O–H groups in total. The maximum atomic E-state index is 10.5. The van der Waals surface area contributed by atoms with Crippen molar-refractivity contribution >= 4 is 11.4 Å². The van der Waals surface area contributed by atoms with Gasteiger partial charge < -0.3 is 5.32 Å². The van der Waals surface area contributed by atoms with Crippen LogP contribution in [0.15, 0.2) is 24.3 Å². The van der Waals surface area contributed by atoms with E-state index in [0.29, 0.717) is 5.92 Å². The summed E-state index contributed by atoms with van der Waals surface area (Å²) in [5.41, 5.74) is 1.24. The van der Waals surface area contributed by atoms with Gasteiger partial charge in [0.05, 0.1) is 4.92 Å². The van der Waals surface area contributed by atoms with Gasteiger partial charge in [0, 0.05) is 24.4 Å². The molecule has 1 aromatic rings. The Labute approximate surface area is 102 Å². The van der Waals surface area contributed by atoms with Crippen molar-refractivity contribution in [3.63, 3.8) is 0 Å². The highest BCUT2D eigenvalue weighted by Crippen LogP contribution is 2.26. The first-order valence-corrected chi connectivity index (χ1v) is 5.81. The molecule has 0 aromatic heterocycles. The van der Waals surface area contributed by atoms with Crippen LogP contribution < -0.4 is 5.32 Å². The molecule has 4 heteroatoms. The molecule has 0 atom stereocenters. The van der Waals surface area contributed by atoms with E-state index in [0.717, 1.165) is 12.2 Å². The van der Waals surface area contributed by atoms with Gasteiger partial charge in [0.1, 0.15) is 0 Å². The molecule has 0 saturated heterocycles. The number of nitro benzene ring substituents is 1. The van der Waals surface area contributed by atoms with Crippen LogP contribution in [-0.2, 0) is 0 Å². The molecule has 0 aliphatic heterocycles. The van der Waals surface area contributed by atoms with Crippen molar-refractivity contribution in [3.8, 4) is 0 Å². The van der Waals surface area contributed by atoms with E-state index in [1.54, 1.807) is 12.1 Å². The second kappa shape index (κ2) is 5.17. The summed E-state index contributed by atoms with van der Waals surface area (Å²) in [4.78, 5) is 10.1. The van der Waals surface area contributed by atoms with Gasteiger partial charge in [-0.15, -0.1) is 0 Å². The van der Waals surface area contributed by atoms with Crippen LogP contribution in [0.25, 0.3) is 0 Å². The van der Waals surface area contributed by atoms with Crippen molar-refractivity contribution in [1.82, 2.24) is 0 Å². The smallest absolute Gasteiger partial charge is 0.269 e. The molecule has 0 heterocycles. The molecule has 0 fully saturated rings. The number of rotatable bonds is 5. The van der Waals surface area contributed by atoms with Gasteiger partial charge in [0.2, 0.25) is 0 Å². The van der Waals surface area contributed by atoms with Gasteiger partial charge in [0.25, 0.3) is 5.69 Å². The van der Waals surface area contributed by atoms with E-state index in [-0.39, 0.29) is 16.0 Å². The minimum absolute atomic E-state index is 0.124. The van der Waals surface area contributed by atoms with E-state index in [1.807, 2.05) is 0 Å². The molecule has 4 nitrogen and oxygen atoms in total. The Morgan fingerprint density at radius 1 is 1.29 bits per heavy atom. The van der Waals surface area contributed by atoms with Crippen LogP contribution in [0.2, 0.25) is 0 Å². The molecule has 94 valence electrons. The van der Waals surface area contributed by atoms with Crippen molar-refractivity contribution in [3.05, 3.63) is 34.4 Å². The Balaban J connectivity index is 2.62. The van der Waals surface area contributed by atoms with Crippen LogP contribution in [0.3, 0.4) is 0 Å². The van der Waals surface area contributed by atoms with Crippen LogP contribution >= 0.6 is 0 Å². The molecular weight excluding hydrogens is 216 g/mol. The highest BCUT2D eigenvalue weighted by atomic mass is 16.6. The summed E-state index contributed by atoms with van der Waals surface area (Å²) < 4.78 is 0. The summed E-state index contributed by atoms with van der Waals surface area (Å²) in [6.45, 7) is 9.64. The van der Waals surface area contributed by atoms with Gasteiger partial charge in [-0.05, 0) is 23.5 Å². The molecule has 1 rings (SSSR count). The molecule has 1 aromatic carbocycles. The molecule has 0 aliphatic carbocycles. The number of non-ortho nitro benzene ring substituents is 1. The van der Waals surface area contributed by atoms with Crippen LogP contribution in [0.1, 0.15) is 27.7 Å². The molecule has 0 spiro atoms. The van der Waals surface area contributed by atoms with E-state index < -0.39 is 0 Å². The van der Waals surface area contributed by atoms with E-state index in [4.69, 9.17) is 0 Å². The number of hydrogen-bond donors (Lipinski definition) is 1. The lowest BCUT2D eigenvalue weighted by molar-refractivity contribution is -0.384. The minimum atomic E-state index is -0.387. The van der Waals surface area contributed by atoms with Gasteiger partial charge in [-0.1, -0.05) is 27.7 Å². The molecule has 0 bridgehead atoms. The SMILES string of the molecule is CC(C)C(C)(C)CNc1ccc([N+](=O)[O-])cc1. The number of anilines is 1. The van der Waals surface area contributed by atoms with Crippen molar-refractivity contribution in [1.29, 1.82) is 0 Å². The first-order valence-electron chi connectivity index (χ1n) is 5.81. The summed E-state index contributed by atoms with van der Waals surface area (Å²) in [6, 6.07) is 6.53. The quantitative estimate of drug-likeness (QED) is 0.626. The summed E-state index contributed by atoms with van der Waals surface area (Å²) in [6.07, 6.45) is 0. The Hall–Kier alpha value is -1.58. The predicted molar refractivity (Wildman–Crippen MR) is 70.2 cm³/mol. The van der Waals surface area contributed by atoms with Gasteiger partial charge in [-0.2, -0.15) is 0 Å². The van der Waals surface area contributed by atoms with Gasteiger partial charge >= 0.3 is 0 Å². The van der Waals surface area contributed by atoms with Crippen LogP contribution in [0.5, 0.6) is 0 Å². The topological polar surface area (TPSA) is 55.2 Å². The van der Waals surface area contributed by atoms with E-state index in [1.165, 1.54) is 12.1 Å².